The van der Waals surface area contributed by atoms with Crippen LogP contribution in [0.4, 0.5) is 4.79 Å². The van der Waals surface area contributed by atoms with Gasteiger partial charge >= 0.3 is 12.1 Å². The van der Waals surface area contributed by atoms with E-state index in [0.29, 0.717) is 5.02 Å². The molecule has 2 unspecified atom stereocenters. The third kappa shape index (κ3) is 3.53. The van der Waals surface area contributed by atoms with Gasteiger partial charge in [0.25, 0.3) is 0 Å². The third-order valence-corrected chi connectivity index (χ3v) is 6.88. The van der Waals surface area contributed by atoms with E-state index >= 15 is 0 Å². The summed E-state index contributed by atoms with van der Waals surface area (Å²) in [6.07, 6.45) is -0.493. The number of benzene rings is 3. The first-order chi connectivity index (χ1) is 15.5. The zero-order chi connectivity index (χ0) is 22.2. The van der Waals surface area contributed by atoms with Crippen molar-refractivity contribution in [3.8, 4) is 11.1 Å². The zero-order valence-electron chi connectivity index (χ0n) is 17.3. The Labute approximate surface area is 191 Å². The summed E-state index contributed by atoms with van der Waals surface area (Å²) in [7, 11) is 0. The van der Waals surface area contributed by atoms with E-state index in [2.05, 4.69) is 24.3 Å². The molecule has 0 bridgehead atoms. The van der Waals surface area contributed by atoms with E-state index in [9.17, 15) is 14.7 Å². The molecule has 1 aliphatic carbocycles. The van der Waals surface area contributed by atoms with Gasteiger partial charge in [0.15, 0.2) is 0 Å². The first-order valence-electron chi connectivity index (χ1n) is 10.6. The minimum Gasteiger partial charge on any atom is -0.481 e. The van der Waals surface area contributed by atoms with Crippen molar-refractivity contribution in [2.24, 2.45) is 5.92 Å². The van der Waals surface area contributed by atoms with Crippen LogP contribution in [-0.4, -0.2) is 41.8 Å². The Morgan fingerprint density at radius 1 is 0.875 bits per heavy atom. The van der Waals surface area contributed by atoms with Gasteiger partial charge < -0.3 is 14.7 Å². The van der Waals surface area contributed by atoms with Gasteiger partial charge in [-0.25, -0.2) is 4.79 Å². The molecule has 2 aliphatic rings. The molecule has 5 rings (SSSR count). The first-order valence-corrected chi connectivity index (χ1v) is 11.0. The average Bonchev–Trinajstić information content (AvgIpc) is 3.38. The Morgan fingerprint density at radius 3 is 2.03 bits per heavy atom. The molecule has 0 radical (unpaired) electrons. The normalized spacial score (nSPS) is 19.5. The van der Waals surface area contributed by atoms with Crippen LogP contribution in [0.25, 0.3) is 11.1 Å². The van der Waals surface area contributed by atoms with Crippen LogP contribution in [0.3, 0.4) is 0 Å². The molecule has 1 fully saturated rings. The SMILES string of the molecule is O=C(O)C1CN(C(=O)OCC2c3ccccc3-c3ccccc32)CC1c1ccccc1Cl. The maximum atomic E-state index is 12.9. The van der Waals surface area contributed by atoms with E-state index in [1.54, 1.807) is 12.1 Å². The summed E-state index contributed by atoms with van der Waals surface area (Å²) in [6, 6.07) is 23.5. The van der Waals surface area contributed by atoms with Crippen molar-refractivity contribution in [1.29, 1.82) is 0 Å². The second kappa shape index (κ2) is 8.32. The number of amides is 1. The van der Waals surface area contributed by atoms with E-state index < -0.39 is 18.0 Å². The standard InChI is InChI=1S/C26H22ClNO4/c27-24-12-6-5-11-20(24)21-13-28(14-22(21)25(29)30)26(31)32-15-23-18-9-3-1-7-16(18)17-8-2-4-10-19(17)23/h1-12,21-23H,13-15H2,(H,29,30). The molecule has 3 aromatic rings. The van der Waals surface area contributed by atoms with Crippen molar-refractivity contribution >= 4 is 23.7 Å². The fourth-order valence-electron chi connectivity index (χ4n) is 4.98. The summed E-state index contributed by atoms with van der Waals surface area (Å²) in [5.74, 6) is -2.08. The van der Waals surface area contributed by atoms with Crippen LogP contribution in [-0.2, 0) is 9.53 Å². The highest BCUT2D eigenvalue weighted by molar-refractivity contribution is 6.31. The number of rotatable bonds is 4. The second-order valence-corrected chi connectivity index (χ2v) is 8.69. The lowest BCUT2D eigenvalue weighted by atomic mass is 9.89. The van der Waals surface area contributed by atoms with Crippen molar-refractivity contribution in [3.05, 3.63) is 94.5 Å². The summed E-state index contributed by atoms with van der Waals surface area (Å²) in [4.78, 5) is 26.3. The fraction of sp³-hybridized carbons (Fsp3) is 0.231. The van der Waals surface area contributed by atoms with E-state index in [0.717, 1.165) is 27.8 Å². The highest BCUT2D eigenvalue weighted by atomic mass is 35.5. The van der Waals surface area contributed by atoms with Crippen LogP contribution in [0.15, 0.2) is 72.8 Å². The molecule has 3 aromatic carbocycles. The van der Waals surface area contributed by atoms with Crippen molar-refractivity contribution in [2.75, 3.05) is 19.7 Å². The average molecular weight is 448 g/mol. The topological polar surface area (TPSA) is 66.8 Å². The number of likely N-dealkylation sites (tertiary alicyclic amines) is 1. The number of nitrogens with zero attached hydrogens (tertiary/aromatic N) is 1. The molecule has 0 aromatic heterocycles. The Balaban J connectivity index is 1.33. The maximum Gasteiger partial charge on any atom is 0.409 e. The Bertz CT molecular complexity index is 1150. The molecule has 1 heterocycles. The fourth-order valence-corrected chi connectivity index (χ4v) is 5.26. The van der Waals surface area contributed by atoms with E-state index in [1.165, 1.54) is 4.90 Å². The van der Waals surface area contributed by atoms with Gasteiger partial charge in [-0.15, -0.1) is 0 Å². The summed E-state index contributed by atoms with van der Waals surface area (Å²) < 4.78 is 5.73. The van der Waals surface area contributed by atoms with Crippen LogP contribution in [0.2, 0.25) is 5.02 Å². The van der Waals surface area contributed by atoms with Gasteiger partial charge in [-0.3, -0.25) is 4.79 Å². The van der Waals surface area contributed by atoms with Crippen LogP contribution in [0, 0.1) is 5.92 Å². The molecule has 162 valence electrons. The predicted octanol–water partition coefficient (Wildman–Crippen LogP) is 5.39. The van der Waals surface area contributed by atoms with E-state index in [4.69, 9.17) is 16.3 Å². The minimum absolute atomic E-state index is 0.0383. The predicted molar refractivity (Wildman–Crippen MR) is 122 cm³/mol. The summed E-state index contributed by atoms with van der Waals surface area (Å²) in [5, 5.41) is 10.2. The number of ether oxygens (including phenoxy) is 1. The van der Waals surface area contributed by atoms with Crippen molar-refractivity contribution < 1.29 is 19.4 Å². The maximum absolute atomic E-state index is 12.9. The number of carbonyl (C=O) groups excluding carboxylic acids is 1. The van der Waals surface area contributed by atoms with Gasteiger partial charge in [-0.05, 0) is 33.9 Å². The minimum atomic E-state index is -0.941. The highest BCUT2D eigenvalue weighted by Crippen LogP contribution is 2.44. The van der Waals surface area contributed by atoms with E-state index in [1.807, 2.05) is 36.4 Å². The van der Waals surface area contributed by atoms with Gasteiger partial charge in [-0.1, -0.05) is 78.3 Å². The van der Waals surface area contributed by atoms with Crippen LogP contribution in [0.1, 0.15) is 28.5 Å². The van der Waals surface area contributed by atoms with Crippen LogP contribution in [0.5, 0.6) is 0 Å². The van der Waals surface area contributed by atoms with Gasteiger partial charge in [0.05, 0.1) is 5.92 Å². The lowest BCUT2D eigenvalue weighted by Crippen LogP contribution is -2.31. The number of hydrogen-bond acceptors (Lipinski definition) is 3. The monoisotopic (exact) mass is 447 g/mol. The number of aliphatic carboxylic acids is 1. The third-order valence-electron chi connectivity index (χ3n) is 6.54. The quantitative estimate of drug-likeness (QED) is 0.582. The molecule has 1 N–H and O–H groups in total. The Hall–Kier alpha value is -3.31. The largest absolute Gasteiger partial charge is 0.481 e. The summed E-state index contributed by atoms with van der Waals surface area (Å²) >= 11 is 6.32. The van der Waals surface area contributed by atoms with Gasteiger partial charge in [-0.2, -0.15) is 0 Å². The molecule has 32 heavy (non-hydrogen) atoms. The van der Waals surface area contributed by atoms with Crippen LogP contribution >= 0.6 is 11.6 Å². The molecule has 0 saturated carbocycles. The van der Waals surface area contributed by atoms with Gasteiger partial charge in [0.1, 0.15) is 6.61 Å². The molecular formula is C26H22ClNO4. The lowest BCUT2D eigenvalue weighted by molar-refractivity contribution is -0.141. The molecule has 1 amide bonds. The first kappa shape index (κ1) is 20.6. The second-order valence-electron chi connectivity index (χ2n) is 8.28. The zero-order valence-corrected chi connectivity index (χ0v) is 18.0. The molecular weight excluding hydrogens is 426 g/mol. The highest BCUT2D eigenvalue weighted by Gasteiger charge is 2.42. The molecule has 1 aliphatic heterocycles. The van der Waals surface area contributed by atoms with Crippen molar-refractivity contribution in [2.45, 2.75) is 11.8 Å². The molecule has 0 spiro atoms. The van der Waals surface area contributed by atoms with E-state index in [-0.39, 0.29) is 31.5 Å². The molecule has 2 atom stereocenters. The number of carboxylic acid groups (broad SMARTS) is 1. The van der Waals surface area contributed by atoms with Gasteiger partial charge in [0, 0.05) is 29.9 Å². The number of carbonyl (C=O) groups is 2. The molecule has 1 saturated heterocycles. The van der Waals surface area contributed by atoms with Crippen molar-refractivity contribution in [1.82, 2.24) is 4.90 Å². The smallest absolute Gasteiger partial charge is 0.409 e. The summed E-state index contributed by atoms with van der Waals surface area (Å²) in [5.41, 5.74) is 5.35. The number of hydrogen-bond donors (Lipinski definition) is 1. The van der Waals surface area contributed by atoms with Crippen LogP contribution < -0.4 is 0 Å². The lowest BCUT2D eigenvalue weighted by Gasteiger charge is -2.19. The number of halogens is 1. The Kier molecular flexibility index (Phi) is 5.35. The molecule has 5 nitrogen and oxygen atoms in total. The number of carboxylic acids is 1. The Morgan fingerprint density at radius 2 is 1.44 bits per heavy atom. The van der Waals surface area contributed by atoms with Gasteiger partial charge in [0.2, 0.25) is 0 Å². The molecule has 6 heteroatoms. The van der Waals surface area contributed by atoms with Crippen molar-refractivity contribution in [3.63, 3.8) is 0 Å². The number of fused-ring (bicyclic) bond motifs is 3. The summed E-state index contributed by atoms with van der Waals surface area (Å²) in [6.45, 7) is 0.567.